The van der Waals surface area contributed by atoms with Crippen LogP contribution in [0.4, 0.5) is 0 Å². The van der Waals surface area contributed by atoms with Crippen LogP contribution in [0.5, 0.6) is 0 Å². The van der Waals surface area contributed by atoms with Gasteiger partial charge in [0.25, 0.3) is 6.10 Å². The van der Waals surface area contributed by atoms with Crippen LogP contribution in [0, 0.1) is 0 Å². The van der Waals surface area contributed by atoms with Gasteiger partial charge in [0, 0.05) is 6.92 Å². The van der Waals surface area contributed by atoms with E-state index in [1.807, 2.05) is 0 Å². The van der Waals surface area contributed by atoms with Crippen LogP contribution < -0.4 is 5.32 Å². The van der Waals surface area contributed by atoms with Crippen LogP contribution in [0.15, 0.2) is 0 Å². The summed E-state index contributed by atoms with van der Waals surface area (Å²) in [7, 11) is 1.06. The van der Waals surface area contributed by atoms with Crippen molar-refractivity contribution >= 4 is 5.91 Å². The van der Waals surface area contributed by atoms with Crippen LogP contribution in [0.2, 0.25) is 0 Å². The molecule has 0 radical (unpaired) electrons. The third-order valence-electron chi connectivity index (χ3n) is 6.82. The minimum Gasteiger partial charge on any atom is -0.394 e. The Hall–Kier alpha value is -1.13. The van der Waals surface area contributed by atoms with Crippen molar-refractivity contribution in [3.63, 3.8) is 0 Å². The van der Waals surface area contributed by atoms with E-state index in [1.54, 1.807) is 0 Å². The number of carbonyl (C=O) groups excluding carboxylic acids is 1. The van der Waals surface area contributed by atoms with Crippen LogP contribution in [-0.4, -0.2) is 164 Å². The molecule has 3 aliphatic heterocycles. The highest BCUT2D eigenvalue weighted by Gasteiger charge is 2.56. The maximum Gasteiger partial charge on any atom is 0.253 e. The molecule has 0 unspecified atom stereocenters. The molecule has 10 N–H and O–H groups in total. The number of ether oxygens (including phenoxy) is 5. The average Bonchev–Trinajstić information content (AvgIpc) is 2.85. The molecule has 15 atom stereocenters. The molecule has 3 rings (SSSR count). The van der Waals surface area contributed by atoms with E-state index in [-0.39, 0.29) is 0 Å². The predicted molar refractivity (Wildman–Crippen MR) is 119 cm³/mol. The van der Waals surface area contributed by atoms with E-state index >= 15 is 0 Å². The van der Waals surface area contributed by atoms with Crippen LogP contribution in [-0.2, 0) is 33.0 Å². The number of carbonyl (C=O) groups is 1. The second kappa shape index (κ2) is 13.0. The van der Waals surface area contributed by atoms with Crippen molar-refractivity contribution in [3.05, 3.63) is 0 Å². The van der Waals surface area contributed by atoms with Crippen molar-refractivity contribution in [1.82, 2.24) is 5.32 Å². The molecule has 0 spiro atoms. The van der Waals surface area contributed by atoms with Crippen molar-refractivity contribution in [3.8, 4) is 0 Å². The Bertz CT molecular complexity index is 776. The quantitative estimate of drug-likeness (QED) is 0.0753. The molecule has 1 amide bonds. The fourth-order valence-corrected chi connectivity index (χ4v) is 4.79. The minimum atomic E-state index is -1.79. The van der Waals surface area contributed by atoms with Crippen molar-refractivity contribution in [2.45, 2.75) is 106 Å². The predicted octanol–water partition coefficient (Wildman–Crippen LogP) is -5.74. The first-order chi connectivity index (χ1) is 17.8. The van der Waals surface area contributed by atoms with Crippen molar-refractivity contribution in [1.29, 1.82) is 0 Å². The van der Waals surface area contributed by atoms with E-state index in [2.05, 4.69) is 5.32 Å². The van der Waals surface area contributed by atoms with E-state index in [0.29, 0.717) is 0 Å². The normalized spacial score (nSPS) is 48.2. The monoisotopic (exact) mass is 560 g/mol. The minimum absolute atomic E-state index is 0.642. The Morgan fingerprint density at radius 3 is 1.95 bits per heavy atom. The van der Waals surface area contributed by atoms with E-state index < -0.39 is 111 Å². The molecule has 3 aliphatic rings. The maximum absolute atomic E-state index is 11.9. The molecule has 0 aromatic heterocycles. The summed E-state index contributed by atoms with van der Waals surface area (Å²) in [5.41, 5.74) is 0. The number of rotatable bonds is 8. The molecule has 0 bridgehead atoms. The highest BCUT2D eigenvalue weighted by molar-refractivity contribution is 5.73. The van der Waals surface area contributed by atoms with Gasteiger partial charge >= 0.3 is 0 Å². The second-order valence-corrected chi connectivity index (χ2v) is 9.55. The maximum atomic E-state index is 11.9. The van der Waals surface area contributed by atoms with Gasteiger partial charge in [0.2, 0.25) is 5.91 Å². The van der Waals surface area contributed by atoms with Crippen LogP contribution >= 0.6 is 0 Å². The smallest absolute Gasteiger partial charge is 0.253 e. The van der Waals surface area contributed by atoms with E-state index in [4.69, 9.17) is 23.7 Å². The fraction of sp³-hybridized carbons (Fsp3) is 0.952. The van der Waals surface area contributed by atoms with Gasteiger partial charge in [-0.3, -0.25) is 4.79 Å². The SMILES string of the molecule is CC(=O)N[C@@H]1[C@@H](O[C@@H]2O[C@H](C)[C@@H](O)[C@@H](O)[C@@H]2O)[C@H](O[C@@H]2O[C@H](CO)[C@H](O)[C@H]([O+](C)O)[C@H]2O)[C@@H](CO)O[C@H]1O. The number of hydrogen-bond donors (Lipinski definition) is 10. The Morgan fingerprint density at radius 1 is 0.816 bits per heavy atom. The van der Waals surface area contributed by atoms with Gasteiger partial charge in [-0.15, -0.1) is 5.26 Å². The van der Waals surface area contributed by atoms with Gasteiger partial charge < -0.3 is 69.9 Å². The molecular weight excluding hydrogens is 522 g/mol. The summed E-state index contributed by atoms with van der Waals surface area (Å²) in [6, 6.07) is -1.42. The lowest BCUT2D eigenvalue weighted by Crippen LogP contribution is -2.69. The molecular formula is C21H38NO16+. The van der Waals surface area contributed by atoms with Gasteiger partial charge in [-0.25, -0.2) is 4.52 Å². The molecule has 0 aromatic carbocycles. The number of amides is 1. The molecule has 3 fully saturated rings. The zero-order valence-corrected chi connectivity index (χ0v) is 21.0. The average molecular weight is 561 g/mol. The zero-order valence-electron chi connectivity index (χ0n) is 21.0. The summed E-state index contributed by atoms with van der Waals surface area (Å²) in [6.45, 7) is 1.01. The number of nitrogens with one attached hydrogen (secondary N) is 1. The Labute approximate surface area is 217 Å². The third-order valence-corrected chi connectivity index (χ3v) is 6.82. The Morgan fingerprint density at radius 2 is 1.39 bits per heavy atom. The van der Waals surface area contributed by atoms with Crippen LogP contribution in [0.1, 0.15) is 13.8 Å². The van der Waals surface area contributed by atoms with Gasteiger partial charge in [0.05, 0.1) is 19.3 Å². The topological polar surface area (TPSA) is 260 Å². The lowest BCUT2D eigenvalue weighted by atomic mass is 9.94. The van der Waals surface area contributed by atoms with Gasteiger partial charge in [0.1, 0.15) is 48.8 Å². The zero-order chi connectivity index (χ0) is 28.5. The first-order valence-corrected chi connectivity index (χ1v) is 12.0. The van der Waals surface area contributed by atoms with Gasteiger partial charge in [0.15, 0.2) is 38.2 Å². The number of aliphatic hydroxyl groups is 8. The van der Waals surface area contributed by atoms with Crippen molar-refractivity contribution < 1.29 is 79.1 Å². The van der Waals surface area contributed by atoms with E-state index in [9.17, 15) is 50.9 Å². The lowest BCUT2D eigenvalue weighted by molar-refractivity contribution is -0.485. The van der Waals surface area contributed by atoms with Gasteiger partial charge in [-0.2, -0.15) is 0 Å². The summed E-state index contributed by atoms with van der Waals surface area (Å²) in [4.78, 5) is 11.9. The molecule has 38 heavy (non-hydrogen) atoms. The summed E-state index contributed by atoms with van der Waals surface area (Å²) in [5.74, 6) is -0.642. The molecule has 0 aliphatic carbocycles. The van der Waals surface area contributed by atoms with Crippen LogP contribution in [0.25, 0.3) is 0 Å². The number of hydrogen-bond acceptors (Lipinski definition) is 15. The van der Waals surface area contributed by atoms with Crippen LogP contribution in [0.3, 0.4) is 0 Å². The fourth-order valence-electron chi connectivity index (χ4n) is 4.79. The summed E-state index contributed by atoms with van der Waals surface area (Å²) in [5, 5.41) is 94.2. The van der Waals surface area contributed by atoms with E-state index in [1.165, 1.54) is 11.4 Å². The van der Waals surface area contributed by atoms with Gasteiger partial charge in [-0.05, 0) is 6.92 Å². The molecule has 3 saturated heterocycles. The molecule has 17 nitrogen and oxygen atoms in total. The Balaban J connectivity index is 1.95. The lowest BCUT2D eigenvalue weighted by Gasteiger charge is -2.49. The summed E-state index contributed by atoms with van der Waals surface area (Å²) in [6.07, 6.45) is -21.6. The Kier molecular flexibility index (Phi) is 10.8. The first kappa shape index (κ1) is 31.4. The standard InChI is InChI=1S/C21H37NO16/c1-6-11(26)13(28)14(29)20(33-6)37-17-10(22-7(2)25)19(31)34-9(5-24)16(17)36-21-15(30)18(38(3)32)12(27)8(4-23)35-21/h6,8-21,23-24,26-32H,4-5H2,1-3H3/p+1/t6-,8-,9-,10-,11-,12+,13-,14+,15-,16-,17-,18+,19-,20+,21+/m1/s1. The number of aliphatic hydroxyl groups excluding tert-OH is 8. The van der Waals surface area contributed by atoms with Crippen molar-refractivity contribution in [2.75, 3.05) is 20.3 Å². The van der Waals surface area contributed by atoms with Gasteiger partial charge in [-0.1, -0.05) is 0 Å². The molecule has 3 heterocycles. The molecule has 222 valence electrons. The molecule has 17 heteroatoms. The first-order valence-electron chi connectivity index (χ1n) is 12.0. The summed E-state index contributed by atoms with van der Waals surface area (Å²) >= 11 is 0. The second-order valence-electron chi connectivity index (χ2n) is 9.55. The third kappa shape index (κ3) is 6.43. The summed E-state index contributed by atoms with van der Waals surface area (Å²) < 4.78 is 29.4. The molecule has 0 aromatic rings. The molecule has 0 saturated carbocycles. The highest BCUT2D eigenvalue weighted by atomic mass is 17.2. The van der Waals surface area contributed by atoms with Crippen molar-refractivity contribution in [2.24, 2.45) is 0 Å². The van der Waals surface area contributed by atoms with E-state index in [0.717, 1.165) is 14.0 Å². The highest BCUT2D eigenvalue weighted by Crippen LogP contribution is 2.33. The largest absolute Gasteiger partial charge is 0.394 e.